The van der Waals surface area contributed by atoms with Crippen molar-refractivity contribution in [2.24, 2.45) is 0 Å². The summed E-state index contributed by atoms with van der Waals surface area (Å²) in [6, 6.07) is 14.6. The molecule has 4 heterocycles. The van der Waals surface area contributed by atoms with Crippen LogP contribution < -0.4 is 224 Å². The molecule has 2 fully saturated rings. The topological polar surface area (TPSA) is 447 Å². The number of nitrogens with one attached hydrogen (secondary N) is 4. The van der Waals surface area contributed by atoms with Crippen molar-refractivity contribution in [3.63, 3.8) is 0 Å². The number of hydrogen-bond donors (Lipinski definition) is 4. The Morgan fingerprint density at radius 3 is 1.42 bits per heavy atom. The molecule has 2 aliphatic rings. The Kier molecular flexibility index (Phi) is 36.1. The molecule has 4 aromatic carbocycles. The van der Waals surface area contributed by atoms with Gasteiger partial charge in [0.1, 0.15) is 30.4 Å². The first-order valence-corrected chi connectivity index (χ1v) is 28.1. The molecule has 32 nitrogen and oxygen atoms in total. The van der Waals surface area contributed by atoms with Gasteiger partial charge in [0, 0.05) is 47.3 Å². The molecule has 0 saturated carbocycles. The summed E-state index contributed by atoms with van der Waals surface area (Å²) in [7, 11) is -15.3. The molecular weight excluding hydrogens is 1300 g/mol. The molecule has 2 aliphatic heterocycles. The van der Waals surface area contributed by atoms with Gasteiger partial charge < -0.3 is 70.0 Å². The Morgan fingerprint density at radius 2 is 0.917 bits per heavy atom. The molecule has 2 aromatic heterocycles. The summed E-state index contributed by atoms with van der Waals surface area (Å²) in [5.41, 5.74) is 0.0271. The van der Waals surface area contributed by atoms with Crippen molar-refractivity contribution < 1.29 is 270 Å². The van der Waals surface area contributed by atoms with Crippen molar-refractivity contribution in [1.29, 1.82) is 0 Å². The molecule has 8 rings (SSSR count). The largest absolute Gasteiger partial charge is 1.00 e. The summed E-state index contributed by atoms with van der Waals surface area (Å²) in [6.45, 7) is 2.57. The van der Waals surface area contributed by atoms with Crippen LogP contribution in [0.1, 0.15) is 11.1 Å². The van der Waals surface area contributed by atoms with Crippen LogP contribution in [-0.2, 0) is 67.9 Å². The second-order valence-corrected chi connectivity index (χ2v) is 21.8. The van der Waals surface area contributed by atoms with Gasteiger partial charge in [0.25, 0.3) is 0 Å². The summed E-state index contributed by atoms with van der Waals surface area (Å²) < 4.78 is 135. The molecule has 6 aromatic rings. The van der Waals surface area contributed by atoms with Crippen LogP contribution in [0.5, 0.6) is 0 Å². The van der Waals surface area contributed by atoms with Gasteiger partial charge in [-0.3, -0.25) is 15.1 Å². The van der Waals surface area contributed by atoms with Crippen molar-refractivity contribution in [3.05, 3.63) is 83.9 Å². The van der Waals surface area contributed by atoms with Crippen LogP contribution in [0.25, 0.3) is 12.2 Å². The molecule has 0 atom stereocenters. The molecular formula is C40H34N12Na6O20S6. The van der Waals surface area contributed by atoms with E-state index in [1.54, 1.807) is 9.80 Å². The van der Waals surface area contributed by atoms with E-state index < -0.39 is 45.0 Å². The third-order valence-electron chi connectivity index (χ3n) is 10.5. The molecule has 416 valence electrons. The number of hydrogen-bond acceptors (Lipinski definition) is 35. The third kappa shape index (κ3) is 23.5. The summed E-state index contributed by atoms with van der Waals surface area (Å²) in [5.74, 6) is -0.645. The Labute approximate surface area is 624 Å². The quantitative estimate of drug-likeness (QED) is 0.0109. The molecule has 44 heteroatoms. The van der Waals surface area contributed by atoms with Gasteiger partial charge in [0.2, 0.25) is 35.7 Å². The van der Waals surface area contributed by atoms with Crippen LogP contribution in [0.2, 0.25) is 0 Å². The number of morpholine rings is 2. The maximum Gasteiger partial charge on any atom is 1.00 e. The Balaban J connectivity index is 0.00000401. The minimum atomic E-state index is -5.23. The van der Waals surface area contributed by atoms with Crippen molar-refractivity contribution in [2.45, 2.75) is 29.4 Å². The Bertz CT molecular complexity index is 3520. The summed E-state index contributed by atoms with van der Waals surface area (Å²) in [5, 5.41) is 53.8. The molecule has 0 bridgehead atoms. The zero-order valence-corrected chi connectivity index (χ0v) is 61.8. The first-order chi connectivity index (χ1) is 37.4. The molecule has 0 unspecified atom stereocenters. The Hall–Kier alpha value is -0.220. The standard InChI is InChI=1S/C40H40N12O20S6.6Na/c53-67-70-73-27-7-10-33(77(59,60)61)30(21-27)44-38-46-36(48-40(50-38)52-13-17-66-18-14-52)42-26-6-4-24(34(20-26)78(62,63)64)2-1-23-3-5-25(19-32(23)75-72-69-55)41-35-45-37(49-39(47-35)51-11-15-65-16-12-51)43-29-22-28(76(56,57)58)8-9-31(29)74-71-68-54;;;;;;/h1-10,19-22,53-55H,11-18H2,(H,56,57,58)(H,59,60,61)(H,62,63,64)(H2,41,43,45,47,49)(H2,42,44,46,48,50);;;;;;/q;6*+1/p-6. The van der Waals surface area contributed by atoms with Crippen LogP contribution in [0, 0.1) is 0 Å². The van der Waals surface area contributed by atoms with Crippen LogP contribution in [-0.4, -0.2) is 121 Å². The smallest absolute Gasteiger partial charge is 0.744 e. The van der Waals surface area contributed by atoms with Crippen molar-refractivity contribution in [3.8, 4) is 0 Å². The minimum absolute atomic E-state index is 0. The zero-order valence-electron chi connectivity index (χ0n) is 44.9. The van der Waals surface area contributed by atoms with E-state index in [2.05, 4.69) is 79.3 Å². The molecule has 2 saturated heterocycles. The number of anilines is 10. The fraction of sp³-hybridized carbons (Fsp3) is 0.200. The normalized spacial score (nSPS) is 13.4. The van der Waals surface area contributed by atoms with Gasteiger partial charge in [0.05, 0.1) is 93.5 Å². The molecule has 0 amide bonds. The summed E-state index contributed by atoms with van der Waals surface area (Å²) in [4.78, 5) is 28.3. The maximum atomic E-state index is 12.8. The van der Waals surface area contributed by atoms with Crippen molar-refractivity contribution >= 4 is 137 Å². The van der Waals surface area contributed by atoms with E-state index in [0.29, 0.717) is 75.5 Å². The average molecular weight is 1330 g/mol. The van der Waals surface area contributed by atoms with E-state index in [1.165, 1.54) is 54.6 Å². The molecule has 0 spiro atoms. The van der Waals surface area contributed by atoms with Crippen LogP contribution >= 0.6 is 36.1 Å². The SMILES string of the molecule is O=S(=O)([O-])c1ccc(SOO[O-])c(Nc2nc(Nc3ccc(C=Cc4ccc(Nc5nc(Nc6cc(SOO[O-])ccc6S(=O)(=O)[O-])nc(N6CCOCC6)n5)cc4S(=O)(=O)[O-])c(SOO[O-])c3)nc(N3CCOCC3)n2)c1.[Na+].[Na+].[Na+].[Na+].[Na+].[Na+]. The fourth-order valence-electron chi connectivity index (χ4n) is 7.10. The van der Waals surface area contributed by atoms with Crippen LogP contribution in [0.3, 0.4) is 0 Å². The second kappa shape index (κ2) is 38.0. The predicted molar refractivity (Wildman–Crippen MR) is 262 cm³/mol. The summed E-state index contributed by atoms with van der Waals surface area (Å²) >= 11 is 1.26. The number of ether oxygens (including phenoxy) is 2. The number of aromatic nitrogens is 6. The van der Waals surface area contributed by atoms with Crippen LogP contribution in [0.4, 0.5) is 58.4 Å². The minimum Gasteiger partial charge on any atom is -0.744 e. The average Bonchev–Trinajstić information content (AvgIpc) is 3.56. The first-order valence-electron chi connectivity index (χ1n) is 21.6. The van der Waals surface area contributed by atoms with Gasteiger partial charge in [-0.1, -0.05) is 24.3 Å². The Morgan fingerprint density at radius 1 is 0.464 bits per heavy atom. The number of benzene rings is 4. The fourth-order valence-corrected chi connectivity index (χ4v) is 10.2. The van der Waals surface area contributed by atoms with Crippen molar-refractivity contribution in [2.75, 3.05) is 83.7 Å². The van der Waals surface area contributed by atoms with Gasteiger partial charge in [0.15, 0.2) is 0 Å². The molecule has 84 heavy (non-hydrogen) atoms. The molecule has 0 radical (unpaired) electrons. The monoisotopic (exact) mass is 1330 g/mol. The number of rotatable bonds is 24. The predicted octanol–water partition coefficient (Wildman–Crippen LogP) is -16.7. The van der Waals surface area contributed by atoms with E-state index in [0.717, 1.165) is 30.3 Å². The second-order valence-electron chi connectivity index (χ2n) is 15.4. The van der Waals surface area contributed by atoms with E-state index in [1.807, 2.05) is 0 Å². The van der Waals surface area contributed by atoms with Gasteiger partial charge in [-0.15, -0.1) is 0 Å². The molecule has 4 N–H and O–H groups in total. The van der Waals surface area contributed by atoms with Crippen LogP contribution in [0.15, 0.2) is 102 Å². The first kappa shape index (κ1) is 79.9. The number of nitrogens with zero attached hydrogens (tertiary/aromatic N) is 8. The van der Waals surface area contributed by atoms with E-state index in [4.69, 9.17) is 9.47 Å². The molecule has 0 aliphatic carbocycles. The van der Waals surface area contributed by atoms with E-state index >= 15 is 0 Å². The van der Waals surface area contributed by atoms with Gasteiger partial charge in [-0.2, -0.15) is 42.9 Å². The van der Waals surface area contributed by atoms with Gasteiger partial charge in [-0.05, 0) is 71.8 Å². The van der Waals surface area contributed by atoms with Gasteiger partial charge in [-0.25, -0.2) is 25.3 Å². The van der Waals surface area contributed by atoms with E-state index in [-0.39, 0.29) is 275 Å². The van der Waals surface area contributed by atoms with Gasteiger partial charge >= 0.3 is 177 Å². The van der Waals surface area contributed by atoms with Crippen molar-refractivity contribution in [1.82, 2.24) is 29.9 Å². The maximum absolute atomic E-state index is 12.8. The van der Waals surface area contributed by atoms with E-state index in [9.17, 15) is 54.7 Å². The third-order valence-corrected chi connectivity index (χ3v) is 15.0. The zero-order chi connectivity index (χ0) is 55.5. The summed E-state index contributed by atoms with van der Waals surface area (Å²) in [6.07, 6.45) is 2.68.